The standard InChI is InChI=1S/C14H19N7O/c1-19(9-13-18-16-10-20(13)2)12-8-15-7-11(17-12)14(22)21-5-3-4-6-21/h7-8,10H,3-6,9H2,1-2H3. The van der Waals surface area contributed by atoms with E-state index >= 15 is 0 Å². The lowest BCUT2D eigenvalue weighted by molar-refractivity contribution is 0.0786. The third-order valence-electron chi connectivity index (χ3n) is 3.81. The Morgan fingerprint density at radius 3 is 2.77 bits per heavy atom. The van der Waals surface area contributed by atoms with Crippen molar-refractivity contribution in [2.24, 2.45) is 7.05 Å². The molecule has 3 rings (SSSR count). The monoisotopic (exact) mass is 301 g/mol. The Kier molecular flexibility index (Phi) is 3.99. The minimum Gasteiger partial charge on any atom is -0.351 e. The minimum atomic E-state index is -0.0427. The molecule has 0 radical (unpaired) electrons. The van der Waals surface area contributed by atoms with Crippen LogP contribution in [0.3, 0.4) is 0 Å². The Bertz CT molecular complexity index is 663. The van der Waals surface area contributed by atoms with Crippen molar-refractivity contribution in [3.63, 3.8) is 0 Å². The highest BCUT2D eigenvalue weighted by Crippen LogP contribution is 2.14. The lowest BCUT2D eigenvalue weighted by Crippen LogP contribution is -2.29. The molecule has 0 spiro atoms. The largest absolute Gasteiger partial charge is 0.351 e. The molecule has 116 valence electrons. The van der Waals surface area contributed by atoms with Crippen LogP contribution in [0.15, 0.2) is 18.7 Å². The normalized spacial score (nSPS) is 14.4. The third kappa shape index (κ3) is 2.90. The highest BCUT2D eigenvalue weighted by molar-refractivity contribution is 5.92. The second-order valence-corrected chi connectivity index (χ2v) is 5.48. The summed E-state index contributed by atoms with van der Waals surface area (Å²) in [7, 11) is 3.78. The van der Waals surface area contributed by atoms with E-state index in [4.69, 9.17) is 0 Å². The molecule has 8 heteroatoms. The van der Waals surface area contributed by atoms with Gasteiger partial charge >= 0.3 is 0 Å². The molecule has 1 fully saturated rings. The summed E-state index contributed by atoms with van der Waals surface area (Å²) in [6.45, 7) is 2.16. The summed E-state index contributed by atoms with van der Waals surface area (Å²) in [5.41, 5.74) is 0.393. The first-order valence-electron chi connectivity index (χ1n) is 7.30. The minimum absolute atomic E-state index is 0.0427. The fraction of sp³-hybridized carbons (Fsp3) is 0.500. The van der Waals surface area contributed by atoms with Crippen LogP contribution in [0.25, 0.3) is 0 Å². The molecule has 0 aromatic carbocycles. The molecule has 1 aliphatic rings. The van der Waals surface area contributed by atoms with Gasteiger partial charge in [0.15, 0.2) is 5.82 Å². The van der Waals surface area contributed by atoms with Crippen LogP contribution in [0.1, 0.15) is 29.2 Å². The van der Waals surface area contributed by atoms with E-state index in [1.165, 1.54) is 6.20 Å². The molecule has 0 unspecified atom stereocenters. The summed E-state index contributed by atoms with van der Waals surface area (Å²) in [6.07, 6.45) is 6.95. The van der Waals surface area contributed by atoms with Crippen molar-refractivity contribution < 1.29 is 4.79 Å². The first-order valence-corrected chi connectivity index (χ1v) is 7.30. The molecule has 0 bridgehead atoms. The lowest BCUT2D eigenvalue weighted by atomic mass is 10.3. The zero-order valence-electron chi connectivity index (χ0n) is 12.8. The number of likely N-dealkylation sites (tertiary alicyclic amines) is 1. The maximum absolute atomic E-state index is 12.4. The lowest BCUT2D eigenvalue weighted by Gasteiger charge is -2.19. The summed E-state index contributed by atoms with van der Waals surface area (Å²) in [5.74, 6) is 1.42. The number of anilines is 1. The van der Waals surface area contributed by atoms with Gasteiger partial charge in [-0.2, -0.15) is 0 Å². The second kappa shape index (κ2) is 6.08. The highest BCUT2D eigenvalue weighted by Gasteiger charge is 2.21. The van der Waals surface area contributed by atoms with Gasteiger partial charge in [0.1, 0.15) is 17.8 Å². The Hall–Kier alpha value is -2.51. The predicted molar refractivity (Wildman–Crippen MR) is 80.3 cm³/mol. The van der Waals surface area contributed by atoms with Crippen LogP contribution in [0.4, 0.5) is 5.82 Å². The number of carbonyl (C=O) groups excluding carboxylic acids is 1. The second-order valence-electron chi connectivity index (χ2n) is 5.48. The Balaban J connectivity index is 1.75. The van der Waals surface area contributed by atoms with Crippen LogP contribution in [0.2, 0.25) is 0 Å². The van der Waals surface area contributed by atoms with Crippen molar-refractivity contribution in [1.82, 2.24) is 29.6 Å². The fourth-order valence-corrected chi connectivity index (χ4v) is 2.47. The van der Waals surface area contributed by atoms with E-state index in [0.29, 0.717) is 18.1 Å². The van der Waals surface area contributed by atoms with Crippen LogP contribution < -0.4 is 4.90 Å². The van der Waals surface area contributed by atoms with Crippen LogP contribution >= 0.6 is 0 Å². The molecule has 3 heterocycles. The Morgan fingerprint density at radius 2 is 2.09 bits per heavy atom. The summed E-state index contributed by atoms with van der Waals surface area (Å²) < 4.78 is 1.85. The van der Waals surface area contributed by atoms with Crippen LogP contribution in [0, 0.1) is 0 Å². The van der Waals surface area contributed by atoms with E-state index in [-0.39, 0.29) is 5.91 Å². The van der Waals surface area contributed by atoms with Gasteiger partial charge in [-0.3, -0.25) is 9.78 Å². The SMILES string of the molecule is CN(Cc1nncn1C)c1cncc(C(=O)N2CCCC2)n1. The number of aryl methyl sites for hydroxylation is 1. The number of hydrogen-bond acceptors (Lipinski definition) is 6. The molecular weight excluding hydrogens is 282 g/mol. The van der Waals surface area contributed by atoms with Gasteiger partial charge in [0.25, 0.3) is 5.91 Å². The predicted octanol–water partition coefficient (Wildman–Crippen LogP) is 0.477. The number of nitrogens with zero attached hydrogens (tertiary/aromatic N) is 7. The molecule has 8 nitrogen and oxygen atoms in total. The molecule has 0 aliphatic carbocycles. The van der Waals surface area contributed by atoms with E-state index in [0.717, 1.165) is 31.8 Å². The van der Waals surface area contributed by atoms with Gasteiger partial charge in [0, 0.05) is 27.2 Å². The average molecular weight is 301 g/mol. The third-order valence-corrected chi connectivity index (χ3v) is 3.81. The van der Waals surface area contributed by atoms with Gasteiger partial charge in [-0.25, -0.2) is 4.98 Å². The van der Waals surface area contributed by atoms with Gasteiger partial charge < -0.3 is 14.4 Å². The van der Waals surface area contributed by atoms with E-state index in [2.05, 4.69) is 20.2 Å². The molecule has 2 aromatic heterocycles. The smallest absolute Gasteiger partial charge is 0.274 e. The van der Waals surface area contributed by atoms with E-state index in [1.54, 1.807) is 12.5 Å². The van der Waals surface area contributed by atoms with Gasteiger partial charge in [-0.1, -0.05) is 0 Å². The topological polar surface area (TPSA) is 80.0 Å². The summed E-state index contributed by atoms with van der Waals surface area (Å²) >= 11 is 0. The molecule has 1 amide bonds. The molecule has 2 aromatic rings. The molecule has 1 aliphatic heterocycles. The van der Waals surface area contributed by atoms with Gasteiger partial charge in [0.05, 0.1) is 18.9 Å². The summed E-state index contributed by atoms with van der Waals surface area (Å²) in [6, 6.07) is 0. The number of aromatic nitrogens is 5. The Labute approximate surface area is 128 Å². The zero-order valence-corrected chi connectivity index (χ0v) is 12.8. The van der Waals surface area contributed by atoms with Gasteiger partial charge in [-0.15, -0.1) is 10.2 Å². The van der Waals surface area contributed by atoms with Crippen LogP contribution in [0.5, 0.6) is 0 Å². The first kappa shape index (κ1) is 14.4. The zero-order chi connectivity index (χ0) is 15.5. The highest BCUT2D eigenvalue weighted by atomic mass is 16.2. The van der Waals surface area contributed by atoms with Crippen molar-refractivity contribution in [2.75, 3.05) is 25.0 Å². The molecule has 22 heavy (non-hydrogen) atoms. The average Bonchev–Trinajstić information content (AvgIpc) is 3.19. The Morgan fingerprint density at radius 1 is 1.32 bits per heavy atom. The van der Waals surface area contributed by atoms with E-state index < -0.39 is 0 Å². The van der Waals surface area contributed by atoms with E-state index in [1.807, 2.05) is 28.5 Å². The van der Waals surface area contributed by atoms with E-state index in [9.17, 15) is 4.79 Å². The number of amides is 1. The molecular formula is C14H19N7O. The number of carbonyl (C=O) groups is 1. The molecule has 0 atom stereocenters. The van der Waals surface area contributed by atoms with Crippen molar-refractivity contribution >= 4 is 11.7 Å². The van der Waals surface area contributed by atoms with Crippen molar-refractivity contribution in [3.8, 4) is 0 Å². The quantitative estimate of drug-likeness (QED) is 0.817. The number of rotatable bonds is 4. The fourth-order valence-electron chi connectivity index (χ4n) is 2.47. The van der Waals surface area contributed by atoms with Crippen molar-refractivity contribution in [2.45, 2.75) is 19.4 Å². The maximum atomic E-state index is 12.4. The van der Waals surface area contributed by atoms with Crippen LogP contribution in [-0.2, 0) is 13.6 Å². The molecule has 1 saturated heterocycles. The van der Waals surface area contributed by atoms with Crippen LogP contribution in [-0.4, -0.2) is 55.7 Å². The summed E-state index contributed by atoms with van der Waals surface area (Å²) in [5, 5.41) is 7.91. The van der Waals surface area contributed by atoms with Gasteiger partial charge in [0.2, 0.25) is 0 Å². The van der Waals surface area contributed by atoms with Crippen molar-refractivity contribution in [1.29, 1.82) is 0 Å². The maximum Gasteiger partial charge on any atom is 0.274 e. The summed E-state index contributed by atoms with van der Waals surface area (Å²) in [4.78, 5) is 24.7. The first-order chi connectivity index (χ1) is 10.6. The molecule has 0 N–H and O–H groups in total. The van der Waals surface area contributed by atoms with Gasteiger partial charge in [-0.05, 0) is 12.8 Å². The number of hydrogen-bond donors (Lipinski definition) is 0. The van der Waals surface area contributed by atoms with Crippen molar-refractivity contribution in [3.05, 3.63) is 30.2 Å². The molecule has 0 saturated carbocycles.